The van der Waals surface area contributed by atoms with Gasteiger partial charge in [-0.3, -0.25) is 0 Å². The highest BCUT2D eigenvalue weighted by Crippen LogP contribution is 1.70. The first-order valence-electron chi connectivity index (χ1n) is 1.79. The van der Waals surface area contributed by atoms with Crippen LogP contribution in [0.5, 0.6) is 0 Å². The summed E-state index contributed by atoms with van der Waals surface area (Å²) < 4.78 is 0. The van der Waals surface area contributed by atoms with Crippen LogP contribution in [0.1, 0.15) is 6.42 Å². The average Bonchev–Trinajstić information content (AvgIpc) is 1.61. The minimum Gasteiger partial charge on any atom is -0.242 e. The lowest BCUT2D eigenvalue weighted by molar-refractivity contribution is 1.01. The van der Waals surface area contributed by atoms with Gasteiger partial charge in [0, 0.05) is 0 Å². The molecule has 0 saturated heterocycles. The molecular weight excluding hydrogens is 76.1 g/mol. The van der Waals surface area contributed by atoms with Crippen LogP contribution < -0.4 is 0 Å². The zero-order chi connectivity index (χ0) is 4.83. The second-order valence-electron chi connectivity index (χ2n) is 0.847. The molecular formula is C4H7N2+. The zero-order valence-corrected chi connectivity index (χ0v) is 3.57. The topological polar surface area (TPSA) is 36.2 Å². The van der Waals surface area contributed by atoms with Crippen molar-refractivity contribution in [3.63, 3.8) is 0 Å². The number of hydrogen-bond acceptors (Lipinski definition) is 2. The second kappa shape index (κ2) is 4.25. The van der Waals surface area contributed by atoms with Crippen molar-refractivity contribution in [2.75, 3.05) is 6.54 Å². The SMILES string of the molecule is [CH2+]CCN=C=N. The predicted octanol–water partition coefficient (Wildman–Crippen LogP) is 0.963. The molecule has 0 aliphatic carbocycles. The van der Waals surface area contributed by atoms with Gasteiger partial charge >= 0.3 is 0 Å². The summed E-state index contributed by atoms with van der Waals surface area (Å²) in [5, 5.41) is 6.26. The predicted molar refractivity (Wildman–Crippen MR) is 25.0 cm³/mol. The summed E-state index contributed by atoms with van der Waals surface area (Å²) in [6.45, 7) is 4.13. The van der Waals surface area contributed by atoms with Crippen molar-refractivity contribution in [3.8, 4) is 0 Å². The maximum Gasteiger partial charge on any atom is 0.105 e. The Bertz CT molecular complexity index is 61.9. The fraction of sp³-hybridized carbons (Fsp3) is 0.500. The summed E-state index contributed by atoms with van der Waals surface area (Å²) in [5.41, 5.74) is 0. The first kappa shape index (κ1) is 5.25. The molecule has 0 rings (SSSR count). The Labute approximate surface area is 37.4 Å². The van der Waals surface area contributed by atoms with Gasteiger partial charge in [-0.15, -0.1) is 0 Å². The van der Waals surface area contributed by atoms with Crippen LogP contribution >= 0.6 is 0 Å². The van der Waals surface area contributed by atoms with Gasteiger partial charge in [0.05, 0.1) is 19.5 Å². The molecule has 0 atom stereocenters. The molecule has 0 spiro atoms. The number of rotatable bonds is 2. The number of hydrogen-bond donors (Lipinski definition) is 1. The van der Waals surface area contributed by atoms with Crippen molar-refractivity contribution in [3.05, 3.63) is 6.92 Å². The third kappa shape index (κ3) is 3.25. The van der Waals surface area contributed by atoms with E-state index in [-0.39, 0.29) is 0 Å². The molecule has 0 saturated carbocycles. The molecule has 0 radical (unpaired) electrons. The summed E-state index contributed by atoms with van der Waals surface area (Å²) >= 11 is 0. The molecule has 0 heterocycles. The summed E-state index contributed by atoms with van der Waals surface area (Å²) in [5.74, 6) is 0. The molecule has 2 heteroatoms. The molecule has 1 N–H and O–H groups in total. The van der Waals surface area contributed by atoms with Gasteiger partial charge in [0.1, 0.15) is 6.42 Å². The van der Waals surface area contributed by atoms with E-state index in [1.165, 1.54) is 0 Å². The molecule has 0 unspecified atom stereocenters. The summed E-state index contributed by atoms with van der Waals surface area (Å²) in [7, 11) is 0. The Morgan fingerprint density at radius 1 is 1.83 bits per heavy atom. The van der Waals surface area contributed by atoms with Crippen molar-refractivity contribution >= 4 is 6.01 Å². The van der Waals surface area contributed by atoms with Gasteiger partial charge in [0.25, 0.3) is 0 Å². The van der Waals surface area contributed by atoms with Crippen LogP contribution in [0.25, 0.3) is 0 Å². The number of aliphatic imine (C=N–C) groups is 1. The van der Waals surface area contributed by atoms with E-state index < -0.39 is 0 Å². The average molecular weight is 83.1 g/mol. The molecule has 0 aromatic heterocycles. The Morgan fingerprint density at radius 3 is 2.67 bits per heavy atom. The Balaban J connectivity index is 2.86. The molecule has 0 aromatic carbocycles. The van der Waals surface area contributed by atoms with E-state index in [2.05, 4.69) is 11.9 Å². The van der Waals surface area contributed by atoms with Crippen LogP contribution in [0.2, 0.25) is 0 Å². The molecule has 0 aliphatic heterocycles. The standard InChI is InChI=1S/C4H7N2/c1-2-3-6-4-5/h5H,1-3H2/q+1. The third-order valence-corrected chi connectivity index (χ3v) is 0.349. The van der Waals surface area contributed by atoms with E-state index in [9.17, 15) is 0 Å². The van der Waals surface area contributed by atoms with Gasteiger partial charge < -0.3 is 0 Å². The molecule has 0 bridgehead atoms. The number of nitrogens with zero attached hydrogens (tertiary/aromatic N) is 1. The number of nitrogens with one attached hydrogen (secondary N) is 1. The minimum atomic E-state index is 0.628. The Hall–Kier alpha value is -0.750. The van der Waals surface area contributed by atoms with E-state index in [1.807, 2.05) is 6.01 Å². The normalized spacial score (nSPS) is 6.67. The molecule has 2 nitrogen and oxygen atoms in total. The third-order valence-electron chi connectivity index (χ3n) is 0.349. The van der Waals surface area contributed by atoms with Crippen LogP contribution in [0.3, 0.4) is 0 Å². The van der Waals surface area contributed by atoms with Crippen molar-refractivity contribution in [2.45, 2.75) is 6.42 Å². The molecule has 6 heavy (non-hydrogen) atoms. The summed E-state index contributed by atoms with van der Waals surface area (Å²) in [4.78, 5) is 3.44. The Morgan fingerprint density at radius 2 is 2.50 bits per heavy atom. The molecule has 0 fully saturated rings. The smallest absolute Gasteiger partial charge is 0.105 e. The quantitative estimate of drug-likeness (QED) is 0.381. The van der Waals surface area contributed by atoms with Crippen LogP contribution in [0.15, 0.2) is 4.99 Å². The maximum absolute atomic E-state index is 6.26. The minimum absolute atomic E-state index is 0.628. The van der Waals surface area contributed by atoms with Crippen molar-refractivity contribution in [1.29, 1.82) is 5.41 Å². The highest BCUT2D eigenvalue weighted by atomic mass is 14.7. The summed E-state index contributed by atoms with van der Waals surface area (Å²) in [6, 6.07) is 1.90. The van der Waals surface area contributed by atoms with Crippen LogP contribution in [0, 0.1) is 12.3 Å². The van der Waals surface area contributed by atoms with Gasteiger partial charge in [-0.25, -0.2) is 10.4 Å². The lowest BCUT2D eigenvalue weighted by Gasteiger charge is -1.67. The second-order valence-corrected chi connectivity index (χ2v) is 0.847. The summed E-state index contributed by atoms with van der Waals surface area (Å²) in [6.07, 6.45) is 0.756. The highest BCUT2D eigenvalue weighted by Gasteiger charge is 1.72. The van der Waals surface area contributed by atoms with Gasteiger partial charge in [-0.05, 0) is 0 Å². The van der Waals surface area contributed by atoms with E-state index in [1.54, 1.807) is 0 Å². The van der Waals surface area contributed by atoms with Crippen molar-refractivity contribution < 1.29 is 0 Å². The maximum atomic E-state index is 6.26. The van der Waals surface area contributed by atoms with Crippen LogP contribution in [-0.4, -0.2) is 12.6 Å². The van der Waals surface area contributed by atoms with Gasteiger partial charge in [0.2, 0.25) is 0 Å². The largest absolute Gasteiger partial charge is 0.242 e. The molecule has 32 valence electrons. The van der Waals surface area contributed by atoms with E-state index in [0.29, 0.717) is 6.54 Å². The molecule has 0 amide bonds. The van der Waals surface area contributed by atoms with E-state index in [0.717, 1.165) is 6.42 Å². The van der Waals surface area contributed by atoms with Gasteiger partial charge in [-0.2, -0.15) is 0 Å². The fourth-order valence-corrected chi connectivity index (χ4v) is 0.135. The fourth-order valence-electron chi connectivity index (χ4n) is 0.135. The molecule has 0 aromatic rings. The first-order chi connectivity index (χ1) is 2.91. The van der Waals surface area contributed by atoms with Gasteiger partial charge in [-0.1, -0.05) is 0 Å². The zero-order valence-electron chi connectivity index (χ0n) is 3.57. The van der Waals surface area contributed by atoms with Gasteiger partial charge in [0.15, 0.2) is 0 Å². The van der Waals surface area contributed by atoms with Crippen molar-refractivity contribution in [2.24, 2.45) is 4.99 Å². The first-order valence-corrected chi connectivity index (χ1v) is 1.79. The monoisotopic (exact) mass is 83.1 g/mol. The highest BCUT2D eigenvalue weighted by molar-refractivity contribution is 5.35. The van der Waals surface area contributed by atoms with E-state index in [4.69, 9.17) is 5.41 Å². The van der Waals surface area contributed by atoms with Crippen LogP contribution in [0.4, 0.5) is 0 Å². The Kier molecular flexibility index (Phi) is 3.72. The molecule has 0 aliphatic rings. The van der Waals surface area contributed by atoms with E-state index >= 15 is 0 Å². The lowest BCUT2D eigenvalue weighted by atomic mass is 10.5. The van der Waals surface area contributed by atoms with Crippen LogP contribution in [-0.2, 0) is 0 Å². The van der Waals surface area contributed by atoms with Crippen molar-refractivity contribution in [1.82, 2.24) is 0 Å². The lowest BCUT2D eigenvalue weighted by Crippen LogP contribution is -1.69.